The molecular weight excluding hydrogens is 364 g/mol. The minimum absolute atomic E-state index is 0.0255. The zero-order valence-corrected chi connectivity index (χ0v) is 12.8. The van der Waals surface area contributed by atoms with E-state index in [-0.39, 0.29) is 16.1 Å². The third-order valence-electron chi connectivity index (χ3n) is 2.87. The van der Waals surface area contributed by atoms with E-state index in [1.165, 1.54) is 24.3 Å². The molecule has 2 nitrogen and oxygen atoms in total. The molecule has 0 saturated carbocycles. The van der Waals surface area contributed by atoms with Crippen LogP contribution in [0, 0.1) is 23.0 Å². The standard InChI is InChI=1S/C15H7BrClF2NO/c16-11-5-4-8(18)6-9(11)15(21)10(7-20)14-12(17)2-1-3-13(14)19/h1-6,10H. The number of carbonyl (C=O) groups is 1. The third kappa shape index (κ3) is 3.12. The Balaban J connectivity index is 2.55. The SMILES string of the molecule is N#CC(C(=O)c1cc(F)ccc1Br)c1c(F)cccc1Cl. The zero-order valence-electron chi connectivity index (χ0n) is 10.4. The van der Waals surface area contributed by atoms with Gasteiger partial charge in [-0.15, -0.1) is 0 Å². The molecule has 2 aromatic rings. The topological polar surface area (TPSA) is 40.9 Å². The van der Waals surface area contributed by atoms with Gasteiger partial charge in [-0.25, -0.2) is 8.78 Å². The normalized spacial score (nSPS) is 11.8. The smallest absolute Gasteiger partial charge is 0.185 e. The molecule has 21 heavy (non-hydrogen) atoms. The Morgan fingerprint density at radius 1 is 1.29 bits per heavy atom. The van der Waals surface area contributed by atoms with E-state index in [0.29, 0.717) is 4.47 Å². The van der Waals surface area contributed by atoms with Crippen LogP contribution >= 0.6 is 27.5 Å². The molecule has 0 radical (unpaired) electrons. The molecule has 2 aromatic carbocycles. The van der Waals surface area contributed by atoms with E-state index in [9.17, 15) is 18.8 Å². The average Bonchev–Trinajstić information content (AvgIpc) is 2.45. The largest absolute Gasteiger partial charge is 0.292 e. The average molecular weight is 371 g/mol. The Morgan fingerprint density at radius 3 is 2.62 bits per heavy atom. The molecule has 0 fully saturated rings. The molecule has 1 atom stereocenters. The number of halogens is 4. The summed E-state index contributed by atoms with van der Waals surface area (Å²) in [6, 6.07) is 9.10. The molecule has 6 heteroatoms. The Morgan fingerprint density at radius 2 is 2.00 bits per heavy atom. The van der Waals surface area contributed by atoms with E-state index in [0.717, 1.165) is 12.1 Å². The minimum atomic E-state index is -1.45. The number of carbonyl (C=O) groups excluding carboxylic acids is 1. The molecule has 1 unspecified atom stereocenters. The molecule has 2 rings (SSSR count). The van der Waals surface area contributed by atoms with Crippen LogP contribution in [0.3, 0.4) is 0 Å². The molecule has 0 aliphatic carbocycles. The predicted octanol–water partition coefficient (Wildman–Crippen LogP) is 4.87. The van der Waals surface area contributed by atoms with Gasteiger partial charge in [-0.1, -0.05) is 33.6 Å². The quantitative estimate of drug-likeness (QED) is 0.723. The highest BCUT2D eigenvalue weighted by molar-refractivity contribution is 9.10. The van der Waals surface area contributed by atoms with Gasteiger partial charge in [0.25, 0.3) is 0 Å². The molecule has 0 bridgehead atoms. The van der Waals surface area contributed by atoms with E-state index >= 15 is 0 Å². The van der Waals surface area contributed by atoms with Gasteiger partial charge in [-0.05, 0) is 30.3 Å². The van der Waals surface area contributed by atoms with Crippen LogP contribution in [0.2, 0.25) is 5.02 Å². The molecule has 0 aliphatic rings. The molecule has 0 aliphatic heterocycles. The van der Waals surface area contributed by atoms with Gasteiger partial charge in [0.15, 0.2) is 5.78 Å². The second kappa shape index (κ2) is 6.33. The van der Waals surface area contributed by atoms with Crippen molar-refractivity contribution in [2.45, 2.75) is 5.92 Å². The Labute approximate surface area is 133 Å². The number of hydrogen-bond acceptors (Lipinski definition) is 2. The summed E-state index contributed by atoms with van der Waals surface area (Å²) in [7, 11) is 0. The van der Waals surface area contributed by atoms with Crippen molar-refractivity contribution in [2.75, 3.05) is 0 Å². The zero-order chi connectivity index (χ0) is 15.6. The van der Waals surface area contributed by atoms with Crippen LogP contribution in [0.5, 0.6) is 0 Å². The molecule has 0 heterocycles. The first kappa shape index (κ1) is 15.6. The summed E-state index contributed by atoms with van der Waals surface area (Å²) >= 11 is 8.99. The molecule has 0 N–H and O–H groups in total. The fourth-order valence-electron chi connectivity index (χ4n) is 1.88. The van der Waals surface area contributed by atoms with Crippen LogP contribution in [0.1, 0.15) is 21.8 Å². The van der Waals surface area contributed by atoms with Crippen LogP contribution in [0.4, 0.5) is 8.78 Å². The maximum Gasteiger partial charge on any atom is 0.185 e. The van der Waals surface area contributed by atoms with Crippen molar-refractivity contribution < 1.29 is 13.6 Å². The molecule has 0 amide bonds. The lowest BCUT2D eigenvalue weighted by Gasteiger charge is -2.12. The highest BCUT2D eigenvalue weighted by atomic mass is 79.9. The van der Waals surface area contributed by atoms with Crippen LogP contribution in [-0.4, -0.2) is 5.78 Å². The predicted molar refractivity (Wildman–Crippen MR) is 78.2 cm³/mol. The van der Waals surface area contributed by atoms with Crippen molar-refractivity contribution in [3.8, 4) is 6.07 Å². The van der Waals surface area contributed by atoms with E-state index < -0.39 is 23.3 Å². The van der Waals surface area contributed by atoms with Gasteiger partial charge in [0, 0.05) is 20.6 Å². The van der Waals surface area contributed by atoms with Crippen LogP contribution in [0.25, 0.3) is 0 Å². The molecule has 0 aromatic heterocycles. The van der Waals surface area contributed by atoms with Crippen molar-refractivity contribution in [3.05, 3.63) is 68.7 Å². The summed E-state index contributed by atoms with van der Waals surface area (Å²) in [6.45, 7) is 0. The van der Waals surface area contributed by atoms with Gasteiger partial charge in [-0.2, -0.15) is 5.26 Å². The molecular formula is C15H7BrClF2NO. The van der Waals surface area contributed by atoms with Gasteiger partial charge >= 0.3 is 0 Å². The summed E-state index contributed by atoms with van der Waals surface area (Å²) in [5.74, 6) is -3.56. The molecule has 106 valence electrons. The first-order chi connectivity index (χ1) is 9.95. The number of nitriles is 1. The monoisotopic (exact) mass is 369 g/mol. The Bertz CT molecular complexity index is 738. The molecule has 0 spiro atoms. The second-order valence-corrected chi connectivity index (χ2v) is 5.45. The van der Waals surface area contributed by atoms with Crippen molar-refractivity contribution >= 4 is 33.3 Å². The van der Waals surface area contributed by atoms with Crippen LogP contribution < -0.4 is 0 Å². The number of Topliss-reactive ketones (excluding diaryl/α,β-unsaturated/α-hetero) is 1. The van der Waals surface area contributed by atoms with Crippen molar-refractivity contribution in [1.29, 1.82) is 5.26 Å². The number of rotatable bonds is 3. The fraction of sp³-hybridized carbons (Fsp3) is 0.0667. The van der Waals surface area contributed by atoms with E-state index in [4.69, 9.17) is 11.6 Å². The minimum Gasteiger partial charge on any atom is -0.292 e. The highest BCUT2D eigenvalue weighted by Crippen LogP contribution is 2.31. The summed E-state index contributed by atoms with van der Waals surface area (Å²) in [5.41, 5.74) is -0.247. The number of nitrogens with zero attached hydrogens (tertiary/aromatic N) is 1. The van der Waals surface area contributed by atoms with Crippen molar-refractivity contribution in [3.63, 3.8) is 0 Å². The van der Waals surface area contributed by atoms with Crippen molar-refractivity contribution in [1.82, 2.24) is 0 Å². The lowest BCUT2D eigenvalue weighted by atomic mass is 9.91. The van der Waals surface area contributed by atoms with E-state index in [2.05, 4.69) is 15.9 Å². The van der Waals surface area contributed by atoms with Gasteiger partial charge in [-0.3, -0.25) is 4.79 Å². The van der Waals surface area contributed by atoms with Crippen LogP contribution in [0.15, 0.2) is 40.9 Å². The maximum atomic E-state index is 13.9. The lowest BCUT2D eigenvalue weighted by molar-refractivity contribution is 0.0976. The van der Waals surface area contributed by atoms with E-state index in [1.54, 1.807) is 6.07 Å². The first-order valence-electron chi connectivity index (χ1n) is 5.78. The summed E-state index contributed by atoms with van der Waals surface area (Å²) in [6.07, 6.45) is 0. The van der Waals surface area contributed by atoms with Crippen LogP contribution in [-0.2, 0) is 0 Å². The summed E-state index contributed by atoms with van der Waals surface area (Å²) < 4.78 is 27.5. The summed E-state index contributed by atoms with van der Waals surface area (Å²) in [4.78, 5) is 12.4. The van der Waals surface area contributed by atoms with Gasteiger partial charge < -0.3 is 0 Å². The Hall–Kier alpha value is -1.77. The lowest BCUT2D eigenvalue weighted by Crippen LogP contribution is -2.14. The number of benzene rings is 2. The third-order valence-corrected chi connectivity index (χ3v) is 3.89. The fourth-order valence-corrected chi connectivity index (χ4v) is 2.60. The maximum absolute atomic E-state index is 13.9. The first-order valence-corrected chi connectivity index (χ1v) is 6.95. The van der Waals surface area contributed by atoms with Gasteiger partial charge in [0.05, 0.1) is 6.07 Å². The van der Waals surface area contributed by atoms with Gasteiger partial charge in [0.2, 0.25) is 0 Å². The van der Waals surface area contributed by atoms with E-state index in [1.807, 2.05) is 0 Å². The molecule has 0 saturated heterocycles. The highest BCUT2D eigenvalue weighted by Gasteiger charge is 2.28. The van der Waals surface area contributed by atoms with Gasteiger partial charge in [0.1, 0.15) is 17.6 Å². The number of hydrogen-bond donors (Lipinski definition) is 0. The number of ketones is 1. The second-order valence-electron chi connectivity index (χ2n) is 4.19. The van der Waals surface area contributed by atoms with Crippen molar-refractivity contribution in [2.24, 2.45) is 0 Å². The Kier molecular flexibility index (Phi) is 4.71. The summed E-state index contributed by atoms with van der Waals surface area (Å²) in [5, 5.41) is 9.19.